The monoisotopic (exact) mass is 374 g/mol. The number of carbonyl (C=O) groups is 1. The molecule has 1 unspecified atom stereocenters. The molecule has 28 heavy (non-hydrogen) atoms. The SMILES string of the molecule is CC(CNC(=O)Cc1cnn(-c2ccccc2)c1)N1CCc2ccccc2C1. The standard InChI is InChI=1S/C23H26N4O/c1-18(26-12-11-20-7-5-6-8-21(20)17-26)14-24-23(28)13-19-15-25-27(16-19)22-9-3-2-4-10-22/h2-10,15-16,18H,11-14,17H2,1H3,(H,24,28). The van der Waals surface area contributed by atoms with Crippen LogP contribution >= 0.6 is 0 Å². The number of nitrogens with zero attached hydrogens (tertiary/aromatic N) is 3. The number of hydrogen-bond acceptors (Lipinski definition) is 3. The molecule has 144 valence electrons. The second-order valence-corrected chi connectivity index (χ2v) is 7.45. The molecule has 0 bridgehead atoms. The van der Waals surface area contributed by atoms with Crippen LogP contribution in [-0.2, 0) is 24.2 Å². The number of rotatable bonds is 6. The number of amides is 1. The van der Waals surface area contributed by atoms with Crippen LogP contribution in [0.15, 0.2) is 67.0 Å². The van der Waals surface area contributed by atoms with Crippen molar-refractivity contribution in [2.45, 2.75) is 32.4 Å². The summed E-state index contributed by atoms with van der Waals surface area (Å²) >= 11 is 0. The lowest BCUT2D eigenvalue weighted by Gasteiger charge is -2.33. The van der Waals surface area contributed by atoms with Gasteiger partial charge in [-0.2, -0.15) is 5.10 Å². The first-order valence-electron chi connectivity index (χ1n) is 9.85. The van der Waals surface area contributed by atoms with Crippen LogP contribution in [0.3, 0.4) is 0 Å². The molecule has 2 aromatic carbocycles. The zero-order valence-electron chi connectivity index (χ0n) is 16.2. The van der Waals surface area contributed by atoms with E-state index in [1.165, 1.54) is 11.1 Å². The van der Waals surface area contributed by atoms with Crippen LogP contribution in [0.4, 0.5) is 0 Å². The molecule has 1 aromatic heterocycles. The van der Waals surface area contributed by atoms with Gasteiger partial charge in [0.1, 0.15) is 0 Å². The van der Waals surface area contributed by atoms with Crippen LogP contribution in [0.1, 0.15) is 23.6 Å². The Morgan fingerprint density at radius 3 is 2.68 bits per heavy atom. The molecule has 1 amide bonds. The van der Waals surface area contributed by atoms with Crippen molar-refractivity contribution in [3.63, 3.8) is 0 Å². The summed E-state index contributed by atoms with van der Waals surface area (Å²) in [6, 6.07) is 18.9. The Bertz CT molecular complexity index is 935. The number of hydrogen-bond donors (Lipinski definition) is 1. The quantitative estimate of drug-likeness (QED) is 0.722. The van der Waals surface area contributed by atoms with Gasteiger partial charge in [-0.15, -0.1) is 0 Å². The minimum absolute atomic E-state index is 0.0388. The molecule has 0 spiro atoms. The third kappa shape index (κ3) is 4.31. The minimum Gasteiger partial charge on any atom is -0.354 e. The van der Waals surface area contributed by atoms with Crippen molar-refractivity contribution < 1.29 is 4.79 Å². The van der Waals surface area contributed by atoms with E-state index in [1.807, 2.05) is 36.5 Å². The summed E-state index contributed by atoms with van der Waals surface area (Å²) in [5.74, 6) is 0.0388. The summed E-state index contributed by atoms with van der Waals surface area (Å²) in [4.78, 5) is 14.8. The first kappa shape index (κ1) is 18.4. The van der Waals surface area contributed by atoms with E-state index in [4.69, 9.17) is 0 Å². The van der Waals surface area contributed by atoms with E-state index in [9.17, 15) is 4.79 Å². The number of aromatic nitrogens is 2. The Hall–Kier alpha value is -2.92. The van der Waals surface area contributed by atoms with Crippen LogP contribution in [0, 0.1) is 0 Å². The van der Waals surface area contributed by atoms with E-state index in [-0.39, 0.29) is 5.91 Å². The van der Waals surface area contributed by atoms with E-state index in [2.05, 4.69) is 46.5 Å². The van der Waals surface area contributed by atoms with Gasteiger partial charge < -0.3 is 5.32 Å². The molecule has 1 atom stereocenters. The van der Waals surface area contributed by atoms with Crippen LogP contribution in [0.25, 0.3) is 5.69 Å². The van der Waals surface area contributed by atoms with Crippen molar-refractivity contribution in [1.82, 2.24) is 20.0 Å². The van der Waals surface area contributed by atoms with Crippen LogP contribution in [-0.4, -0.2) is 39.7 Å². The highest BCUT2D eigenvalue weighted by Crippen LogP contribution is 2.20. The molecule has 1 aliphatic heterocycles. The lowest BCUT2D eigenvalue weighted by molar-refractivity contribution is -0.120. The Kier molecular flexibility index (Phi) is 5.53. The maximum atomic E-state index is 12.4. The van der Waals surface area contributed by atoms with Crippen molar-refractivity contribution in [2.75, 3.05) is 13.1 Å². The first-order chi connectivity index (χ1) is 13.7. The molecule has 2 heterocycles. The first-order valence-corrected chi connectivity index (χ1v) is 9.85. The molecule has 0 saturated carbocycles. The van der Waals surface area contributed by atoms with Gasteiger partial charge in [0.05, 0.1) is 18.3 Å². The fourth-order valence-corrected chi connectivity index (χ4v) is 3.71. The molecule has 5 heteroatoms. The summed E-state index contributed by atoms with van der Waals surface area (Å²) in [6.45, 7) is 4.84. The molecule has 1 N–H and O–H groups in total. The molecule has 0 radical (unpaired) electrons. The fraction of sp³-hybridized carbons (Fsp3) is 0.304. The molecule has 0 saturated heterocycles. The number of fused-ring (bicyclic) bond motifs is 1. The van der Waals surface area contributed by atoms with Gasteiger partial charge in [-0.3, -0.25) is 9.69 Å². The number of nitrogens with one attached hydrogen (secondary N) is 1. The molecule has 1 aliphatic rings. The highest BCUT2D eigenvalue weighted by molar-refractivity contribution is 5.78. The largest absolute Gasteiger partial charge is 0.354 e. The maximum absolute atomic E-state index is 12.4. The second kappa shape index (κ2) is 8.40. The van der Waals surface area contributed by atoms with Crippen molar-refractivity contribution in [2.24, 2.45) is 0 Å². The van der Waals surface area contributed by atoms with Crippen LogP contribution < -0.4 is 5.32 Å². The average Bonchev–Trinajstić information content (AvgIpc) is 3.20. The lowest BCUT2D eigenvalue weighted by Crippen LogP contribution is -2.44. The summed E-state index contributed by atoms with van der Waals surface area (Å²) in [5, 5.41) is 7.44. The van der Waals surface area contributed by atoms with Gasteiger partial charge in [-0.25, -0.2) is 4.68 Å². The fourth-order valence-electron chi connectivity index (χ4n) is 3.71. The van der Waals surface area contributed by atoms with Crippen LogP contribution in [0.5, 0.6) is 0 Å². The van der Waals surface area contributed by atoms with Crippen molar-refractivity contribution >= 4 is 5.91 Å². The molecular formula is C23H26N4O. The van der Waals surface area contributed by atoms with Gasteiger partial charge in [-0.1, -0.05) is 42.5 Å². The Labute approximate surface area is 166 Å². The van der Waals surface area contributed by atoms with E-state index >= 15 is 0 Å². The van der Waals surface area contributed by atoms with Gasteiger partial charge in [0.25, 0.3) is 0 Å². The summed E-state index contributed by atoms with van der Waals surface area (Å²) in [5.41, 5.74) is 4.76. The maximum Gasteiger partial charge on any atom is 0.224 e. The summed E-state index contributed by atoms with van der Waals surface area (Å²) in [6.07, 6.45) is 5.10. The number of carbonyl (C=O) groups excluding carboxylic acids is 1. The zero-order valence-corrected chi connectivity index (χ0v) is 16.2. The van der Waals surface area contributed by atoms with Crippen molar-refractivity contribution in [3.8, 4) is 5.69 Å². The molecule has 4 rings (SSSR count). The van der Waals surface area contributed by atoms with Gasteiger partial charge in [0, 0.05) is 31.9 Å². The normalized spacial score (nSPS) is 15.0. The topological polar surface area (TPSA) is 50.2 Å². The molecular weight excluding hydrogens is 348 g/mol. The molecule has 0 fully saturated rings. The minimum atomic E-state index is 0.0388. The van der Waals surface area contributed by atoms with Crippen molar-refractivity contribution in [1.29, 1.82) is 0 Å². The lowest BCUT2D eigenvalue weighted by atomic mass is 9.99. The van der Waals surface area contributed by atoms with Gasteiger partial charge in [0.15, 0.2) is 0 Å². The van der Waals surface area contributed by atoms with Crippen molar-refractivity contribution in [3.05, 3.63) is 83.7 Å². The highest BCUT2D eigenvalue weighted by atomic mass is 16.1. The Morgan fingerprint density at radius 1 is 1.11 bits per heavy atom. The molecule has 3 aromatic rings. The molecule has 0 aliphatic carbocycles. The average molecular weight is 374 g/mol. The Morgan fingerprint density at radius 2 is 1.86 bits per heavy atom. The third-order valence-electron chi connectivity index (χ3n) is 5.40. The zero-order chi connectivity index (χ0) is 19.3. The number of para-hydroxylation sites is 1. The highest BCUT2D eigenvalue weighted by Gasteiger charge is 2.20. The van der Waals surface area contributed by atoms with Crippen LogP contribution in [0.2, 0.25) is 0 Å². The van der Waals surface area contributed by atoms with Gasteiger partial charge in [-0.05, 0) is 42.2 Å². The summed E-state index contributed by atoms with van der Waals surface area (Å²) < 4.78 is 1.80. The van der Waals surface area contributed by atoms with E-state index in [0.29, 0.717) is 19.0 Å². The van der Waals surface area contributed by atoms with Gasteiger partial charge in [0.2, 0.25) is 5.91 Å². The summed E-state index contributed by atoms with van der Waals surface area (Å²) in [7, 11) is 0. The second-order valence-electron chi connectivity index (χ2n) is 7.45. The smallest absolute Gasteiger partial charge is 0.224 e. The predicted octanol–water partition coefficient (Wildman–Crippen LogP) is 2.98. The van der Waals surface area contributed by atoms with E-state index < -0.39 is 0 Å². The molecule has 5 nitrogen and oxygen atoms in total. The van der Waals surface area contributed by atoms with E-state index in [0.717, 1.165) is 30.8 Å². The van der Waals surface area contributed by atoms with E-state index in [1.54, 1.807) is 10.9 Å². The third-order valence-corrected chi connectivity index (χ3v) is 5.40. The van der Waals surface area contributed by atoms with Gasteiger partial charge >= 0.3 is 0 Å². The predicted molar refractivity (Wildman–Crippen MR) is 110 cm³/mol. The number of benzene rings is 2. The Balaban J connectivity index is 1.27.